The standard InChI is InChI=1S/C13H11NO2S/c1-3-8-6-5-7-10-11(8)9(4-2)12(15)14(17)13(10)16/h3-7,17H,1H2,2H3/b9-4+. The second-order valence-electron chi connectivity index (χ2n) is 3.60. The molecule has 1 aromatic carbocycles. The highest BCUT2D eigenvalue weighted by atomic mass is 32.1. The van der Waals surface area contributed by atoms with Gasteiger partial charge in [0, 0.05) is 16.7 Å². The molecule has 0 saturated heterocycles. The van der Waals surface area contributed by atoms with E-state index in [4.69, 9.17) is 0 Å². The van der Waals surface area contributed by atoms with Crippen molar-refractivity contribution in [3.05, 3.63) is 47.5 Å². The molecule has 2 amide bonds. The first-order valence-electron chi connectivity index (χ1n) is 5.11. The number of amides is 2. The van der Waals surface area contributed by atoms with E-state index in [2.05, 4.69) is 19.4 Å². The molecule has 2 rings (SSSR count). The third kappa shape index (κ3) is 1.61. The number of thiol groups is 1. The Morgan fingerprint density at radius 1 is 1.29 bits per heavy atom. The van der Waals surface area contributed by atoms with E-state index in [0.717, 1.165) is 9.87 Å². The normalized spacial score (nSPS) is 17.3. The van der Waals surface area contributed by atoms with Crippen molar-refractivity contribution < 1.29 is 9.59 Å². The van der Waals surface area contributed by atoms with E-state index in [-0.39, 0.29) is 0 Å². The van der Waals surface area contributed by atoms with Crippen LogP contribution in [0.15, 0.2) is 30.9 Å². The highest BCUT2D eigenvalue weighted by molar-refractivity contribution is 7.79. The fourth-order valence-electron chi connectivity index (χ4n) is 1.91. The van der Waals surface area contributed by atoms with Gasteiger partial charge in [-0.2, -0.15) is 0 Å². The minimum atomic E-state index is -0.400. The van der Waals surface area contributed by atoms with Gasteiger partial charge < -0.3 is 0 Å². The van der Waals surface area contributed by atoms with Gasteiger partial charge in [0.15, 0.2) is 0 Å². The van der Waals surface area contributed by atoms with Crippen molar-refractivity contribution in [1.29, 1.82) is 0 Å². The first kappa shape index (κ1) is 11.7. The molecule has 1 aliphatic heterocycles. The molecule has 0 atom stereocenters. The maximum absolute atomic E-state index is 11.9. The molecule has 17 heavy (non-hydrogen) atoms. The molecule has 0 aromatic heterocycles. The minimum absolute atomic E-state index is 0.400. The van der Waals surface area contributed by atoms with E-state index in [1.54, 1.807) is 31.2 Å². The molecule has 1 heterocycles. The number of hydrogen-bond acceptors (Lipinski definition) is 3. The van der Waals surface area contributed by atoms with Crippen LogP contribution >= 0.6 is 12.8 Å². The molecule has 0 unspecified atom stereocenters. The Bertz CT molecular complexity index is 561. The Hall–Kier alpha value is -1.81. The van der Waals surface area contributed by atoms with Gasteiger partial charge in [0.05, 0.1) is 0 Å². The van der Waals surface area contributed by atoms with Gasteiger partial charge >= 0.3 is 0 Å². The molecule has 0 saturated carbocycles. The summed E-state index contributed by atoms with van der Waals surface area (Å²) in [5, 5.41) is 0. The monoisotopic (exact) mass is 245 g/mol. The average Bonchev–Trinajstić information content (AvgIpc) is 2.36. The maximum atomic E-state index is 11.9. The van der Waals surface area contributed by atoms with Crippen molar-refractivity contribution in [2.45, 2.75) is 6.92 Å². The molecule has 1 aliphatic rings. The zero-order valence-electron chi connectivity index (χ0n) is 9.30. The van der Waals surface area contributed by atoms with Crippen LogP contribution in [0.3, 0.4) is 0 Å². The SMILES string of the molecule is C=Cc1cccc2c1/C(=C\C)C(=O)N(S)C2=O. The number of allylic oxidation sites excluding steroid dienone is 1. The number of rotatable bonds is 1. The van der Waals surface area contributed by atoms with Gasteiger partial charge in [-0.25, -0.2) is 4.31 Å². The number of nitrogens with zero attached hydrogens (tertiary/aromatic N) is 1. The van der Waals surface area contributed by atoms with Crippen LogP contribution in [0.25, 0.3) is 11.6 Å². The number of hydrogen-bond donors (Lipinski definition) is 1. The molecule has 0 fully saturated rings. The molecule has 0 bridgehead atoms. The fraction of sp³-hybridized carbons (Fsp3) is 0.0769. The van der Waals surface area contributed by atoms with E-state index in [1.165, 1.54) is 0 Å². The van der Waals surface area contributed by atoms with Gasteiger partial charge in [-0.05, 0) is 18.6 Å². The first-order valence-corrected chi connectivity index (χ1v) is 5.51. The predicted octanol–water partition coefficient (Wildman–Crippen LogP) is 2.56. The quantitative estimate of drug-likeness (QED) is 0.469. The van der Waals surface area contributed by atoms with Crippen LogP contribution in [0.5, 0.6) is 0 Å². The van der Waals surface area contributed by atoms with Gasteiger partial charge in [0.25, 0.3) is 11.8 Å². The number of benzene rings is 1. The van der Waals surface area contributed by atoms with Crippen molar-refractivity contribution in [1.82, 2.24) is 4.31 Å². The van der Waals surface area contributed by atoms with E-state index >= 15 is 0 Å². The van der Waals surface area contributed by atoms with Crippen LogP contribution in [0, 0.1) is 0 Å². The number of fused-ring (bicyclic) bond motifs is 1. The second kappa shape index (κ2) is 4.22. The Morgan fingerprint density at radius 2 is 2.00 bits per heavy atom. The van der Waals surface area contributed by atoms with Crippen LogP contribution < -0.4 is 0 Å². The van der Waals surface area contributed by atoms with Crippen LogP contribution in [-0.2, 0) is 4.79 Å². The van der Waals surface area contributed by atoms with E-state index < -0.39 is 11.8 Å². The molecule has 86 valence electrons. The number of imide groups is 1. The number of carbonyl (C=O) groups is 2. The lowest BCUT2D eigenvalue weighted by Crippen LogP contribution is -2.35. The lowest BCUT2D eigenvalue weighted by atomic mass is 9.90. The Kier molecular flexibility index (Phi) is 2.90. The molecule has 0 aliphatic carbocycles. The minimum Gasteiger partial charge on any atom is -0.268 e. The van der Waals surface area contributed by atoms with Crippen LogP contribution in [0.4, 0.5) is 0 Å². The van der Waals surface area contributed by atoms with E-state index in [0.29, 0.717) is 16.7 Å². The summed E-state index contributed by atoms with van der Waals surface area (Å²) in [6, 6.07) is 5.27. The highest BCUT2D eigenvalue weighted by Crippen LogP contribution is 2.32. The van der Waals surface area contributed by atoms with Crippen molar-refractivity contribution in [2.75, 3.05) is 0 Å². The summed E-state index contributed by atoms with van der Waals surface area (Å²) < 4.78 is 0.838. The Labute approximate surface area is 105 Å². The second-order valence-corrected chi connectivity index (χ2v) is 4.00. The summed E-state index contributed by atoms with van der Waals surface area (Å²) in [6.07, 6.45) is 3.32. The topological polar surface area (TPSA) is 37.4 Å². The van der Waals surface area contributed by atoms with Gasteiger partial charge in [-0.3, -0.25) is 9.59 Å². The van der Waals surface area contributed by atoms with Gasteiger partial charge in [-0.1, -0.05) is 43.7 Å². The third-order valence-electron chi connectivity index (χ3n) is 2.72. The fourth-order valence-corrected chi connectivity index (χ4v) is 2.13. The summed E-state index contributed by atoms with van der Waals surface area (Å²) >= 11 is 3.92. The predicted molar refractivity (Wildman–Crippen MR) is 70.3 cm³/mol. The average molecular weight is 245 g/mol. The number of carbonyl (C=O) groups excluding carboxylic acids is 2. The van der Waals surface area contributed by atoms with Gasteiger partial charge in [-0.15, -0.1) is 0 Å². The molecule has 3 nitrogen and oxygen atoms in total. The van der Waals surface area contributed by atoms with Gasteiger partial charge in [0.2, 0.25) is 0 Å². The van der Waals surface area contributed by atoms with Crippen LogP contribution in [0.2, 0.25) is 0 Å². The maximum Gasteiger partial charge on any atom is 0.271 e. The summed E-state index contributed by atoms with van der Waals surface area (Å²) in [6.45, 7) is 5.45. The molecular weight excluding hydrogens is 234 g/mol. The largest absolute Gasteiger partial charge is 0.271 e. The third-order valence-corrected chi connectivity index (χ3v) is 3.08. The van der Waals surface area contributed by atoms with Crippen molar-refractivity contribution >= 4 is 36.3 Å². The van der Waals surface area contributed by atoms with Crippen molar-refractivity contribution in [2.24, 2.45) is 0 Å². The lowest BCUT2D eigenvalue weighted by Gasteiger charge is -2.25. The zero-order chi connectivity index (χ0) is 12.6. The van der Waals surface area contributed by atoms with Crippen molar-refractivity contribution in [3.63, 3.8) is 0 Å². The molecule has 0 spiro atoms. The van der Waals surface area contributed by atoms with Crippen LogP contribution in [0.1, 0.15) is 28.4 Å². The van der Waals surface area contributed by atoms with Crippen molar-refractivity contribution in [3.8, 4) is 0 Å². The Balaban J connectivity index is 2.82. The van der Waals surface area contributed by atoms with E-state index in [9.17, 15) is 9.59 Å². The van der Waals surface area contributed by atoms with Gasteiger partial charge in [0.1, 0.15) is 0 Å². The molecule has 0 radical (unpaired) electrons. The molecule has 1 aromatic rings. The van der Waals surface area contributed by atoms with Crippen LogP contribution in [-0.4, -0.2) is 16.1 Å². The summed E-state index contributed by atoms with van der Waals surface area (Å²) in [4.78, 5) is 23.8. The Morgan fingerprint density at radius 3 is 2.59 bits per heavy atom. The molecule has 0 N–H and O–H groups in total. The lowest BCUT2D eigenvalue weighted by molar-refractivity contribution is -0.118. The first-order chi connectivity index (χ1) is 8.11. The van der Waals surface area contributed by atoms with E-state index in [1.807, 2.05) is 6.07 Å². The summed E-state index contributed by atoms with van der Waals surface area (Å²) in [7, 11) is 0. The smallest absolute Gasteiger partial charge is 0.268 e. The molecule has 4 heteroatoms. The highest BCUT2D eigenvalue weighted by Gasteiger charge is 2.33. The zero-order valence-corrected chi connectivity index (χ0v) is 10.2. The summed E-state index contributed by atoms with van der Waals surface area (Å²) in [5.74, 6) is -0.801. The summed E-state index contributed by atoms with van der Waals surface area (Å²) in [5.41, 5.74) is 2.37. The molecular formula is C13H11NO2S.